The topological polar surface area (TPSA) is 84.9 Å². The molecule has 0 aliphatic carbocycles. The van der Waals surface area contributed by atoms with E-state index in [-0.39, 0.29) is 4.90 Å². The second kappa shape index (κ2) is 6.13. The van der Waals surface area contributed by atoms with E-state index in [0.717, 1.165) is 17.7 Å². The van der Waals surface area contributed by atoms with Crippen LogP contribution in [0.1, 0.15) is 5.56 Å². The molecule has 1 unspecified atom stereocenters. The summed E-state index contributed by atoms with van der Waals surface area (Å²) in [5.74, 6) is 0. The SMILES string of the molecule is COP(=O)(NS(=O)(=O)c1ccc(C)cc1)ON(C)C. The standard InChI is InChI=1S/C10H17N2O5PS/c1-9-5-7-10(8-6-9)19(14,15)11-18(13,16-4)17-12(2)3/h5-8H,1-4H3,(H,11,13). The van der Waals surface area contributed by atoms with Gasteiger partial charge in [-0.1, -0.05) is 17.7 Å². The highest BCUT2D eigenvalue weighted by atomic mass is 32.2. The molecule has 0 radical (unpaired) electrons. The second-order valence-corrected chi connectivity index (χ2v) is 7.71. The molecule has 0 amide bonds. The maximum Gasteiger partial charge on any atom is 0.435 e. The van der Waals surface area contributed by atoms with Gasteiger partial charge >= 0.3 is 7.75 Å². The maximum absolute atomic E-state index is 12.1. The summed E-state index contributed by atoms with van der Waals surface area (Å²) in [4.78, 5) is -0.0160. The third kappa shape index (κ3) is 4.68. The summed E-state index contributed by atoms with van der Waals surface area (Å²) < 4.78 is 47.6. The van der Waals surface area contributed by atoms with Gasteiger partial charge in [0.15, 0.2) is 0 Å². The molecule has 1 rings (SSSR count). The number of benzene rings is 1. The molecule has 0 spiro atoms. The van der Waals surface area contributed by atoms with Gasteiger partial charge in [0.25, 0.3) is 0 Å². The van der Waals surface area contributed by atoms with E-state index in [2.05, 4.69) is 4.52 Å². The lowest BCUT2D eigenvalue weighted by Crippen LogP contribution is -2.26. The zero-order valence-corrected chi connectivity index (χ0v) is 12.9. The lowest BCUT2D eigenvalue weighted by atomic mass is 10.2. The van der Waals surface area contributed by atoms with E-state index in [9.17, 15) is 13.0 Å². The molecule has 1 aromatic carbocycles. The Balaban J connectivity index is 3.01. The average molecular weight is 308 g/mol. The molecule has 1 atom stereocenters. The van der Waals surface area contributed by atoms with Crippen molar-refractivity contribution in [2.75, 3.05) is 21.2 Å². The molecule has 0 saturated carbocycles. The Morgan fingerprint density at radius 3 is 2.16 bits per heavy atom. The minimum atomic E-state index is -3.98. The Kier molecular flexibility index (Phi) is 5.26. The molecule has 0 saturated heterocycles. The van der Waals surface area contributed by atoms with Crippen molar-refractivity contribution >= 4 is 17.8 Å². The number of hydrogen-bond acceptors (Lipinski definition) is 6. The highest BCUT2D eigenvalue weighted by Gasteiger charge is 2.32. The first kappa shape index (κ1) is 16.3. The van der Waals surface area contributed by atoms with Gasteiger partial charge in [-0.2, -0.15) is 5.06 Å². The van der Waals surface area contributed by atoms with Gasteiger partial charge in [-0.3, -0.25) is 4.52 Å². The van der Waals surface area contributed by atoms with Crippen LogP contribution >= 0.6 is 7.75 Å². The molecular weight excluding hydrogens is 291 g/mol. The van der Waals surface area contributed by atoms with Crippen LogP contribution in [-0.2, 0) is 23.7 Å². The monoisotopic (exact) mass is 308 g/mol. The number of nitrogens with one attached hydrogen (secondary N) is 1. The van der Waals surface area contributed by atoms with Gasteiger partial charge in [-0.25, -0.2) is 17.6 Å². The van der Waals surface area contributed by atoms with Crippen LogP contribution in [0.3, 0.4) is 0 Å². The Morgan fingerprint density at radius 2 is 1.74 bits per heavy atom. The van der Waals surface area contributed by atoms with Gasteiger partial charge in [-0.15, -0.1) is 4.49 Å². The quantitative estimate of drug-likeness (QED) is 0.633. The van der Waals surface area contributed by atoms with E-state index in [0.29, 0.717) is 0 Å². The van der Waals surface area contributed by atoms with Gasteiger partial charge in [0.1, 0.15) is 0 Å². The second-order valence-electron chi connectivity index (χ2n) is 3.98. The minimum absolute atomic E-state index is 0.0160. The zero-order chi connectivity index (χ0) is 14.7. The molecule has 0 aromatic heterocycles. The minimum Gasteiger partial charge on any atom is -0.298 e. The van der Waals surface area contributed by atoms with Gasteiger partial charge in [-0.05, 0) is 19.1 Å². The normalized spacial score (nSPS) is 15.4. The summed E-state index contributed by atoms with van der Waals surface area (Å²) in [6, 6.07) is 6.10. The summed E-state index contributed by atoms with van der Waals surface area (Å²) in [6.45, 7) is 1.83. The number of hydrogen-bond donors (Lipinski definition) is 1. The number of sulfonamides is 1. The van der Waals surface area contributed by atoms with Crippen LogP contribution in [0.15, 0.2) is 29.2 Å². The number of hydroxylamine groups is 2. The van der Waals surface area contributed by atoms with Crippen LogP contribution in [0, 0.1) is 6.92 Å². The zero-order valence-electron chi connectivity index (χ0n) is 11.2. The lowest BCUT2D eigenvalue weighted by Gasteiger charge is -2.20. The molecule has 0 aliphatic rings. The Hall–Kier alpha value is -0.760. The first-order chi connectivity index (χ1) is 8.68. The predicted octanol–water partition coefficient (Wildman–Crippen LogP) is 1.52. The molecule has 7 nitrogen and oxygen atoms in total. The third-order valence-corrected chi connectivity index (χ3v) is 5.85. The predicted molar refractivity (Wildman–Crippen MR) is 70.9 cm³/mol. The van der Waals surface area contributed by atoms with Crippen molar-refractivity contribution in [3.05, 3.63) is 29.8 Å². The molecule has 0 heterocycles. The summed E-state index contributed by atoms with van der Waals surface area (Å²) in [5, 5.41) is 1.10. The first-order valence-electron chi connectivity index (χ1n) is 5.32. The van der Waals surface area contributed by atoms with Crippen molar-refractivity contribution in [3.8, 4) is 0 Å². The van der Waals surface area contributed by atoms with Crippen LogP contribution in [0.2, 0.25) is 0 Å². The van der Waals surface area contributed by atoms with Crippen LogP contribution in [0.25, 0.3) is 0 Å². The Bertz CT molecular complexity index is 570. The fourth-order valence-corrected chi connectivity index (χ4v) is 4.24. The van der Waals surface area contributed by atoms with Crippen molar-refractivity contribution in [1.29, 1.82) is 0 Å². The van der Waals surface area contributed by atoms with E-state index in [1.807, 2.05) is 11.4 Å². The van der Waals surface area contributed by atoms with Crippen LogP contribution in [0.4, 0.5) is 0 Å². The molecular formula is C10H17N2O5PS. The maximum atomic E-state index is 12.1. The summed E-state index contributed by atoms with van der Waals surface area (Å²) in [5.41, 5.74) is 0.915. The number of aryl methyl sites for hydroxylation is 1. The van der Waals surface area contributed by atoms with Gasteiger partial charge in [0.05, 0.1) is 4.90 Å². The van der Waals surface area contributed by atoms with E-state index in [1.54, 1.807) is 12.1 Å². The third-order valence-electron chi connectivity index (χ3n) is 2.07. The number of rotatable bonds is 6. The fourth-order valence-electron chi connectivity index (χ4n) is 1.22. The summed E-state index contributed by atoms with van der Waals surface area (Å²) in [6.07, 6.45) is 0. The molecule has 1 N–H and O–H groups in total. The van der Waals surface area contributed by atoms with Crippen molar-refractivity contribution < 1.29 is 22.1 Å². The van der Waals surface area contributed by atoms with Crippen LogP contribution < -0.4 is 4.49 Å². The van der Waals surface area contributed by atoms with Gasteiger partial charge in [0.2, 0.25) is 10.0 Å². The smallest absolute Gasteiger partial charge is 0.298 e. The Morgan fingerprint density at radius 1 is 1.21 bits per heavy atom. The largest absolute Gasteiger partial charge is 0.435 e. The van der Waals surface area contributed by atoms with Crippen molar-refractivity contribution in [1.82, 2.24) is 9.56 Å². The van der Waals surface area contributed by atoms with Crippen LogP contribution in [0.5, 0.6) is 0 Å². The molecule has 108 valence electrons. The molecule has 1 aromatic rings. The Labute approximate surface area is 113 Å². The molecule has 19 heavy (non-hydrogen) atoms. The highest BCUT2D eigenvalue weighted by molar-refractivity contribution is 7.94. The first-order valence-corrected chi connectivity index (χ1v) is 8.35. The molecule has 0 aliphatic heterocycles. The van der Waals surface area contributed by atoms with E-state index < -0.39 is 17.8 Å². The number of nitrogens with zero attached hydrogens (tertiary/aromatic N) is 1. The highest BCUT2D eigenvalue weighted by Crippen LogP contribution is 2.44. The van der Waals surface area contributed by atoms with Crippen molar-refractivity contribution in [2.45, 2.75) is 11.8 Å². The molecule has 0 fully saturated rings. The molecule has 9 heteroatoms. The fraction of sp³-hybridized carbons (Fsp3) is 0.400. The van der Waals surface area contributed by atoms with Crippen LogP contribution in [-0.4, -0.2) is 34.7 Å². The van der Waals surface area contributed by atoms with E-state index in [1.165, 1.54) is 26.2 Å². The van der Waals surface area contributed by atoms with Crippen molar-refractivity contribution in [2.24, 2.45) is 0 Å². The summed E-state index contributed by atoms with van der Waals surface area (Å²) in [7, 11) is -3.92. The van der Waals surface area contributed by atoms with E-state index >= 15 is 0 Å². The molecule has 0 bridgehead atoms. The van der Waals surface area contributed by atoms with Gasteiger partial charge < -0.3 is 0 Å². The lowest BCUT2D eigenvalue weighted by molar-refractivity contribution is -0.0195. The van der Waals surface area contributed by atoms with Gasteiger partial charge in [0, 0.05) is 21.2 Å². The summed E-state index contributed by atoms with van der Waals surface area (Å²) >= 11 is 0. The van der Waals surface area contributed by atoms with E-state index in [4.69, 9.17) is 4.62 Å². The van der Waals surface area contributed by atoms with Crippen molar-refractivity contribution in [3.63, 3.8) is 0 Å². The average Bonchev–Trinajstić information content (AvgIpc) is 2.27.